The summed E-state index contributed by atoms with van der Waals surface area (Å²) in [7, 11) is 5.50. The Kier molecular flexibility index (Phi) is 41.3. The molecule has 8 nitrogen and oxygen atoms in total. The number of likely N-dealkylation sites (N-methyl/N-ethyl adjacent to an activating group) is 1. The van der Waals surface area contributed by atoms with E-state index in [0.29, 0.717) is 19.3 Å². The normalized spacial score (nSPS) is 14.0. The summed E-state index contributed by atoms with van der Waals surface area (Å²) in [4.78, 5) is 37.1. The average Bonchev–Trinajstić information content (AvgIpc) is 3.24. The Labute approximate surface area is 384 Å². The van der Waals surface area contributed by atoms with Crippen molar-refractivity contribution in [2.24, 2.45) is 0 Å². The number of esters is 2. The smallest absolute Gasteiger partial charge is 0.362 e. The minimum absolute atomic E-state index is 0.0307. The Morgan fingerprint density at radius 2 is 0.841 bits per heavy atom. The van der Waals surface area contributed by atoms with Crippen molar-refractivity contribution in [3.8, 4) is 0 Å². The van der Waals surface area contributed by atoms with Crippen molar-refractivity contribution >= 4 is 17.9 Å². The lowest BCUT2D eigenvalue weighted by Gasteiger charge is -2.31. The van der Waals surface area contributed by atoms with Gasteiger partial charge in [0.1, 0.15) is 6.61 Å². The molecule has 1 N–H and O–H groups in total. The number of carboxylic acids is 1. The third-order valence-corrected chi connectivity index (χ3v) is 9.86. The van der Waals surface area contributed by atoms with E-state index in [0.717, 1.165) is 116 Å². The highest BCUT2D eigenvalue weighted by atomic mass is 16.6. The summed E-state index contributed by atoms with van der Waals surface area (Å²) in [6.07, 6.45) is 62.5. The fourth-order valence-corrected chi connectivity index (χ4v) is 6.20. The summed E-state index contributed by atoms with van der Waals surface area (Å²) >= 11 is 0. The number of nitrogens with zero attached hydrogens (tertiary/aromatic N) is 1. The highest BCUT2D eigenvalue weighted by Gasteiger charge is 2.31. The van der Waals surface area contributed by atoms with Gasteiger partial charge in [0.05, 0.1) is 34.4 Å². The SMILES string of the molecule is CC/C=C/C/C=C/C/C=C/C/C=C/C/C=C/C/C=C/CCCCCCC(=O)OCC(COCCC(C(=O)O)[N+](C)(C)C)OC(=O)CCCCC/C=C/C/C=C/C/C=C/C/C=C/CC. The van der Waals surface area contributed by atoms with Gasteiger partial charge in [0.2, 0.25) is 0 Å². The van der Waals surface area contributed by atoms with Crippen LogP contribution in [0.1, 0.15) is 155 Å². The topological polar surface area (TPSA) is 99.1 Å². The van der Waals surface area contributed by atoms with Gasteiger partial charge in [-0.2, -0.15) is 0 Å². The van der Waals surface area contributed by atoms with Gasteiger partial charge in [-0.25, -0.2) is 4.79 Å². The average molecular weight is 875 g/mol. The van der Waals surface area contributed by atoms with E-state index in [4.69, 9.17) is 14.2 Å². The number of hydrogen-bond donors (Lipinski definition) is 1. The van der Waals surface area contributed by atoms with Crippen molar-refractivity contribution in [3.63, 3.8) is 0 Å². The molecule has 0 aliphatic rings. The van der Waals surface area contributed by atoms with Gasteiger partial charge >= 0.3 is 17.9 Å². The summed E-state index contributed by atoms with van der Waals surface area (Å²) < 4.78 is 17.3. The molecule has 0 radical (unpaired) electrons. The molecule has 0 aromatic rings. The van der Waals surface area contributed by atoms with E-state index >= 15 is 0 Å². The Bertz CT molecular complexity index is 1440. The number of hydrogen-bond acceptors (Lipinski definition) is 6. The Balaban J connectivity index is 4.41. The molecule has 354 valence electrons. The maximum atomic E-state index is 12.7. The Morgan fingerprint density at radius 3 is 1.24 bits per heavy atom. The number of aliphatic carboxylic acids is 1. The van der Waals surface area contributed by atoms with Gasteiger partial charge in [-0.1, -0.05) is 155 Å². The molecule has 8 heteroatoms. The first-order valence-electron chi connectivity index (χ1n) is 24.1. The van der Waals surface area contributed by atoms with Gasteiger partial charge in [0.25, 0.3) is 0 Å². The van der Waals surface area contributed by atoms with Crippen molar-refractivity contribution in [3.05, 3.63) is 122 Å². The highest BCUT2D eigenvalue weighted by molar-refractivity contribution is 5.72. The van der Waals surface area contributed by atoms with Crippen LogP contribution in [-0.4, -0.2) is 80.6 Å². The van der Waals surface area contributed by atoms with Crippen LogP contribution in [0.4, 0.5) is 0 Å². The van der Waals surface area contributed by atoms with Crippen LogP contribution < -0.4 is 0 Å². The largest absolute Gasteiger partial charge is 0.477 e. The molecule has 0 heterocycles. The molecule has 0 aliphatic carbocycles. The van der Waals surface area contributed by atoms with Gasteiger partial charge in [-0.15, -0.1) is 0 Å². The predicted molar refractivity (Wildman–Crippen MR) is 265 cm³/mol. The van der Waals surface area contributed by atoms with Gasteiger partial charge < -0.3 is 23.8 Å². The van der Waals surface area contributed by atoms with Crippen LogP contribution in [0.3, 0.4) is 0 Å². The minimum Gasteiger partial charge on any atom is -0.477 e. The zero-order valence-electron chi connectivity index (χ0n) is 40.2. The van der Waals surface area contributed by atoms with Crippen molar-refractivity contribution in [2.45, 2.75) is 167 Å². The molecule has 0 saturated heterocycles. The molecule has 0 spiro atoms. The first-order chi connectivity index (χ1) is 30.6. The number of rotatable bonds is 41. The zero-order valence-corrected chi connectivity index (χ0v) is 40.2. The van der Waals surface area contributed by atoms with E-state index in [1.807, 2.05) is 21.1 Å². The first-order valence-corrected chi connectivity index (χ1v) is 24.1. The second-order valence-corrected chi connectivity index (χ2v) is 16.6. The standard InChI is InChI=1S/C55H87NO7/c1-6-8-10-12-14-16-18-20-22-24-25-26-27-28-29-30-32-33-35-37-39-41-43-45-53(57)62-50-51(49-61-48-47-52(55(59)60)56(3,4)5)63-54(58)46-44-42-40-38-36-34-31-23-21-19-17-15-13-11-9-7-2/h8-11,14-17,20-23,25-26,28-29,32-34,36,51-52H,6-7,12-13,18-19,24,27,30-31,35,37-50H2,1-5H3/p+1/b10-8+,11-9+,16-14+,17-15+,22-20+,23-21+,26-25+,29-28+,33-32+,36-34+. The van der Waals surface area contributed by atoms with E-state index in [1.54, 1.807) is 0 Å². The molecule has 2 unspecified atom stereocenters. The summed E-state index contributed by atoms with van der Waals surface area (Å²) in [5, 5.41) is 9.64. The third kappa shape index (κ3) is 42.8. The van der Waals surface area contributed by atoms with Crippen molar-refractivity contribution < 1.29 is 38.2 Å². The third-order valence-electron chi connectivity index (χ3n) is 9.86. The first kappa shape index (κ1) is 58.7. The molecule has 0 aromatic heterocycles. The molecular formula is C55H88NO7+. The number of ether oxygens (including phenoxy) is 3. The number of carbonyl (C=O) groups is 3. The molecule has 0 rings (SSSR count). The molecule has 0 fully saturated rings. The molecular weight excluding hydrogens is 787 g/mol. The minimum atomic E-state index is -0.890. The van der Waals surface area contributed by atoms with E-state index in [1.165, 1.54) is 0 Å². The fourth-order valence-electron chi connectivity index (χ4n) is 6.20. The number of allylic oxidation sites excluding steroid dienone is 20. The fraction of sp³-hybridized carbons (Fsp3) is 0.582. The maximum Gasteiger partial charge on any atom is 0.362 e. The Morgan fingerprint density at radius 1 is 0.476 bits per heavy atom. The second kappa shape index (κ2) is 44.3. The number of quaternary nitrogens is 1. The number of carboxylic acid groups (broad SMARTS) is 1. The van der Waals surface area contributed by atoms with Crippen LogP contribution in [-0.2, 0) is 28.6 Å². The highest BCUT2D eigenvalue weighted by Crippen LogP contribution is 2.12. The second-order valence-electron chi connectivity index (χ2n) is 16.6. The van der Waals surface area contributed by atoms with Crippen LogP contribution in [0.5, 0.6) is 0 Å². The lowest BCUT2D eigenvalue weighted by Crippen LogP contribution is -2.50. The van der Waals surface area contributed by atoms with E-state index in [9.17, 15) is 19.5 Å². The molecule has 0 saturated carbocycles. The van der Waals surface area contributed by atoms with Gasteiger partial charge in [-0.05, 0) is 103 Å². The molecule has 63 heavy (non-hydrogen) atoms. The van der Waals surface area contributed by atoms with Crippen molar-refractivity contribution in [1.82, 2.24) is 0 Å². The number of unbranched alkanes of at least 4 members (excludes halogenated alkanes) is 7. The van der Waals surface area contributed by atoms with Crippen LogP contribution in [0.25, 0.3) is 0 Å². The molecule has 0 bridgehead atoms. The zero-order chi connectivity index (χ0) is 46.3. The summed E-state index contributed by atoms with van der Waals surface area (Å²) in [5.41, 5.74) is 0. The van der Waals surface area contributed by atoms with E-state index in [-0.39, 0.29) is 42.7 Å². The summed E-state index contributed by atoms with van der Waals surface area (Å²) in [6, 6.07) is -0.633. The lowest BCUT2D eigenvalue weighted by molar-refractivity contribution is -0.887. The van der Waals surface area contributed by atoms with Gasteiger partial charge in [0, 0.05) is 19.3 Å². The predicted octanol–water partition coefficient (Wildman–Crippen LogP) is 13.8. The number of carbonyl (C=O) groups excluding carboxylic acids is 2. The van der Waals surface area contributed by atoms with Crippen LogP contribution >= 0.6 is 0 Å². The molecule has 0 aliphatic heterocycles. The molecule has 0 aromatic carbocycles. The molecule has 2 atom stereocenters. The monoisotopic (exact) mass is 875 g/mol. The van der Waals surface area contributed by atoms with Crippen molar-refractivity contribution in [1.29, 1.82) is 0 Å². The van der Waals surface area contributed by atoms with E-state index < -0.39 is 18.1 Å². The summed E-state index contributed by atoms with van der Waals surface area (Å²) in [5.74, 6) is -1.56. The van der Waals surface area contributed by atoms with Crippen molar-refractivity contribution in [2.75, 3.05) is 41.0 Å². The summed E-state index contributed by atoms with van der Waals surface area (Å²) in [6.45, 7) is 4.42. The molecule has 0 amide bonds. The maximum absolute atomic E-state index is 12.7. The Hall–Kier alpha value is -4.27. The van der Waals surface area contributed by atoms with E-state index in [2.05, 4.69) is 135 Å². The van der Waals surface area contributed by atoms with Gasteiger partial charge in [-0.3, -0.25) is 9.59 Å². The lowest BCUT2D eigenvalue weighted by atomic mass is 10.1. The van der Waals surface area contributed by atoms with Crippen LogP contribution in [0.15, 0.2) is 122 Å². The van der Waals surface area contributed by atoms with Gasteiger partial charge in [0.15, 0.2) is 12.1 Å². The van der Waals surface area contributed by atoms with Crippen LogP contribution in [0.2, 0.25) is 0 Å². The quantitative estimate of drug-likeness (QED) is 0.0283. The van der Waals surface area contributed by atoms with Crippen LogP contribution in [0, 0.1) is 0 Å².